The average molecular weight is 180 g/mol. The molecule has 0 aliphatic heterocycles. The van der Waals surface area contributed by atoms with Gasteiger partial charge in [-0.3, -0.25) is 10.1 Å². The second-order valence-corrected chi connectivity index (χ2v) is 3.22. The van der Waals surface area contributed by atoms with Crippen LogP contribution in [0, 0.1) is 27.4 Å². The molecule has 13 heavy (non-hydrogen) atoms. The van der Waals surface area contributed by atoms with Crippen LogP contribution >= 0.6 is 0 Å². The van der Waals surface area contributed by atoms with Gasteiger partial charge in [0.25, 0.3) is 0 Å². The van der Waals surface area contributed by atoms with E-state index in [4.69, 9.17) is 5.26 Å². The third kappa shape index (κ3) is 1.86. The molecule has 1 aliphatic carbocycles. The van der Waals surface area contributed by atoms with Crippen LogP contribution in [0.5, 0.6) is 0 Å². The van der Waals surface area contributed by atoms with E-state index >= 15 is 0 Å². The second-order valence-electron chi connectivity index (χ2n) is 3.22. The topological polar surface area (TPSA) is 66.9 Å². The summed E-state index contributed by atoms with van der Waals surface area (Å²) in [6, 6.07) is 1.46. The molecule has 1 rings (SSSR count). The van der Waals surface area contributed by atoms with Crippen LogP contribution in [-0.4, -0.2) is 11.0 Å². The van der Waals surface area contributed by atoms with E-state index in [1.165, 1.54) is 0 Å². The quantitative estimate of drug-likeness (QED) is 0.492. The van der Waals surface area contributed by atoms with Gasteiger partial charge < -0.3 is 0 Å². The molecule has 0 bridgehead atoms. The van der Waals surface area contributed by atoms with E-state index < -0.39 is 6.04 Å². The summed E-state index contributed by atoms with van der Waals surface area (Å²) in [6.45, 7) is 1.79. The van der Waals surface area contributed by atoms with Crippen molar-refractivity contribution in [1.29, 1.82) is 5.26 Å². The highest BCUT2D eigenvalue weighted by atomic mass is 16.6. The number of nitrogens with zero attached hydrogens (tertiary/aromatic N) is 2. The lowest BCUT2D eigenvalue weighted by molar-refractivity contribution is -0.530. The van der Waals surface area contributed by atoms with E-state index in [0.29, 0.717) is 12.0 Å². The Hall–Kier alpha value is -1.37. The van der Waals surface area contributed by atoms with Gasteiger partial charge in [-0.25, -0.2) is 0 Å². The number of rotatable bonds is 3. The Morgan fingerprint density at radius 1 is 1.92 bits per heavy atom. The van der Waals surface area contributed by atoms with Crippen LogP contribution in [0.25, 0.3) is 0 Å². The zero-order chi connectivity index (χ0) is 9.84. The lowest BCUT2D eigenvalue weighted by Crippen LogP contribution is -2.28. The van der Waals surface area contributed by atoms with E-state index in [2.05, 4.69) is 0 Å². The summed E-state index contributed by atoms with van der Waals surface area (Å²) >= 11 is 0. The molecule has 2 atom stereocenters. The molecule has 0 N–H and O–H groups in total. The normalized spacial score (nSPS) is 23.4. The highest BCUT2D eigenvalue weighted by Crippen LogP contribution is 2.30. The van der Waals surface area contributed by atoms with Crippen molar-refractivity contribution >= 4 is 0 Å². The molecule has 0 saturated carbocycles. The lowest BCUT2D eigenvalue weighted by Gasteiger charge is -2.14. The maximum Gasteiger partial charge on any atom is 0.220 e. The van der Waals surface area contributed by atoms with Gasteiger partial charge >= 0.3 is 0 Å². The Kier molecular flexibility index (Phi) is 3.02. The molecule has 0 amide bonds. The maximum absolute atomic E-state index is 10.6. The smallest absolute Gasteiger partial charge is 0.220 e. The fraction of sp³-hybridized carbons (Fsp3) is 0.667. The van der Waals surface area contributed by atoms with Gasteiger partial charge in [-0.1, -0.05) is 13.0 Å². The van der Waals surface area contributed by atoms with Crippen molar-refractivity contribution in [1.82, 2.24) is 0 Å². The summed E-state index contributed by atoms with van der Waals surface area (Å²) in [4.78, 5) is 10.4. The van der Waals surface area contributed by atoms with E-state index in [9.17, 15) is 10.1 Å². The zero-order valence-corrected chi connectivity index (χ0v) is 7.56. The first-order chi connectivity index (χ1) is 6.20. The molecule has 1 aliphatic rings. The monoisotopic (exact) mass is 180 g/mol. The summed E-state index contributed by atoms with van der Waals surface area (Å²) in [6.07, 6.45) is 3.87. The highest BCUT2D eigenvalue weighted by molar-refractivity contribution is 5.28. The van der Waals surface area contributed by atoms with Crippen LogP contribution in [0.1, 0.15) is 26.2 Å². The number of nitriles is 1. The van der Waals surface area contributed by atoms with E-state index in [1.54, 1.807) is 6.92 Å². The molecule has 0 aromatic heterocycles. The maximum atomic E-state index is 10.6. The van der Waals surface area contributed by atoms with E-state index in [-0.39, 0.29) is 10.8 Å². The fourth-order valence-electron chi connectivity index (χ4n) is 1.83. The van der Waals surface area contributed by atoms with Crippen LogP contribution in [-0.2, 0) is 0 Å². The Bertz CT molecular complexity index is 278. The average Bonchev–Trinajstić information content (AvgIpc) is 2.53. The van der Waals surface area contributed by atoms with Gasteiger partial charge in [0.15, 0.2) is 0 Å². The van der Waals surface area contributed by atoms with Crippen molar-refractivity contribution < 1.29 is 4.92 Å². The first kappa shape index (κ1) is 9.72. The molecule has 0 heterocycles. The highest BCUT2D eigenvalue weighted by Gasteiger charge is 2.34. The van der Waals surface area contributed by atoms with Crippen molar-refractivity contribution in [2.24, 2.45) is 5.92 Å². The van der Waals surface area contributed by atoms with E-state index in [0.717, 1.165) is 12.8 Å². The predicted molar refractivity (Wildman–Crippen MR) is 47.5 cm³/mol. The first-order valence-corrected chi connectivity index (χ1v) is 4.44. The van der Waals surface area contributed by atoms with Crippen LogP contribution < -0.4 is 0 Å². The Labute approximate surface area is 77.0 Å². The van der Waals surface area contributed by atoms with Crippen molar-refractivity contribution in [2.45, 2.75) is 32.2 Å². The van der Waals surface area contributed by atoms with Crippen LogP contribution in [0.15, 0.2) is 11.6 Å². The molecule has 0 fully saturated rings. The molecular formula is C9H12N2O2. The molecule has 4 heteroatoms. The zero-order valence-electron chi connectivity index (χ0n) is 7.56. The van der Waals surface area contributed by atoms with Crippen LogP contribution in [0.2, 0.25) is 0 Å². The molecule has 0 spiro atoms. The largest absolute Gasteiger partial charge is 0.264 e. The molecule has 0 aromatic rings. The molecule has 0 saturated heterocycles. The van der Waals surface area contributed by atoms with Gasteiger partial charge in [0.05, 0.1) is 12.0 Å². The van der Waals surface area contributed by atoms with E-state index in [1.807, 2.05) is 12.1 Å². The molecule has 0 aromatic carbocycles. The van der Waals surface area contributed by atoms with Crippen molar-refractivity contribution in [3.8, 4) is 6.07 Å². The van der Waals surface area contributed by atoms with Gasteiger partial charge in [-0.05, 0) is 12.8 Å². The Morgan fingerprint density at radius 2 is 2.62 bits per heavy atom. The van der Waals surface area contributed by atoms with Crippen molar-refractivity contribution in [3.05, 3.63) is 21.8 Å². The summed E-state index contributed by atoms with van der Waals surface area (Å²) in [5.74, 6) is -0.148. The molecule has 2 unspecified atom stereocenters. The minimum atomic E-state index is -0.576. The van der Waals surface area contributed by atoms with Gasteiger partial charge in [0, 0.05) is 16.9 Å². The number of allylic oxidation sites excluding steroid dienone is 1. The summed E-state index contributed by atoms with van der Waals surface area (Å²) in [5, 5.41) is 19.4. The van der Waals surface area contributed by atoms with Gasteiger partial charge in [0.1, 0.15) is 0 Å². The molecular weight excluding hydrogens is 168 g/mol. The van der Waals surface area contributed by atoms with Crippen LogP contribution in [0.3, 0.4) is 0 Å². The number of hydrogen-bond acceptors (Lipinski definition) is 3. The fourth-order valence-corrected chi connectivity index (χ4v) is 1.83. The first-order valence-electron chi connectivity index (χ1n) is 4.44. The number of hydrogen-bond donors (Lipinski definition) is 0. The Morgan fingerprint density at radius 3 is 3.08 bits per heavy atom. The van der Waals surface area contributed by atoms with Gasteiger partial charge in [-0.15, -0.1) is 0 Å². The SMILES string of the molecule is CCC(C1CCC=C1C#N)[N+](=O)[O-]. The van der Waals surface area contributed by atoms with Crippen LogP contribution in [0.4, 0.5) is 0 Å². The summed E-state index contributed by atoms with van der Waals surface area (Å²) in [5.41, 5.74) is 0.601. The number of nitro groups is 1. The third-order valence-corrected chi connectivity index (χ3v) is 2.52. The predicted octanol–water partition coefficient (Wildman–Crippen LogP) is 1.90. The second kappa shape index (κ2) is 4.04. The van der Waals surface area contributed by atoms with Crippen molar-refractivity contribution in [3.63, 3.8) is 0 Å². The standard InChI is InChI=1S/C9H12N2O2/c1-2-9(11(12)13)8-5-3-4-7(8)6-10/h4,8-9H,2-3,5H2,1H3. The Balaban J connectivity index is 2.77. The minimum absolute atomic E-state index is 0.148. The van der Waals surface area contributed by atoms with Gasteiger partial charge in [-0.2, -0.15) is 5.26 Å². The third-order valence-electron chi connectivity index (χ3n) is 2.52. The molecule has 70 valence electrons. The molecule has 4 nitrogen and oxygen atoms in total. The van der Waals surface area contributed by atoms with Crippen molar-refractivity contribution in [2.75, 3.05) is 0 Å². The lowest BCUT2D eigenvalue weighted by atomic mass is 9.92. The van der Waals surface area contributed by atoms with Gasteiger partial charge in [0.2, 0.25) is 6.04 Å². The summed E-state index contributed by atoms with van der Waals surface area (Å²) < 4.78 is 0. The molecule has 0 radical (unpaired) electrons. The summed E-state index contributed by atoms with van der Waals surface area (Å²) in [7, 11) is 0. The minimum Gasteiger partial charge on any atom is -0.264 e.